The second-order valence-electron chi connectivity index (χ2n) is 10.5. The minimum Gasteiger partial charge on any atom is -0.345 e. The van der Waals surface area contributed by atoms with Crippen molar-refractivity contribution in [3.63, 3.8) is 0 Å². The van der Waals surface area contributed by atoms with Crippen molar-refractivity contribution >= 4 is 17.6 Å². The molecule has 3 aromatic carbocycles. The molecule has 0 fully saturated rings. The number of amides is 3. The topological polar surface area (TPSA) is 129 Å². The van der Waals surface area contributed by atoms with Crippen molar-refractivity contribution in [2.75, 3.05) is 5.32 Å². The molecule has 0 aliphatic heterocycles. The molecule has 42 heavy (non-hydrogen) atoms. The SMILES string of the molecule is CC(C)(C)c1ccc(C(NC(=O)Nc2cc(F)cc(C(F)(F)F)c2)c2ccc(C(=O)NCc3noc(=O)[nH]3)cc2)cc1. The maximum Gasteiger partial charge on any atom is 0.438 e. The highest BCUT2D eigenvalue weighted by atomic mass is 19.4. The summed E-state index contributed by atoms with van der Waals surface area (Å²) < 4.78 is 57.7. The lowest BCUT2D eigenvalue weighted by atomic mass is 9.85. The molecule has 0 bridgehead atoms. The van der Waals surface area contributed by atoms with Crippen LogP contribution in [0.1, 0.15) is 65.2 Å². The van der Waals surface area contributed by atoms with Crippen molar-refractivity contribution in [1.82, 2.24) is 20.8 Å². The van der Waals surface area contributed by atoms with Gasteiger partial charge in [0.25, 0.3) is 5.91 Å². The highest BCUT2D eigenvalue weighted by Crippen LogP contribution is 2.32. The van der Waals surface area contributed by atoms with Crippen LogP contribution in [0.25, 0.3) is 0 Å². The van der Waals surface area contributed by atoms with Gasteiger partial charge in [0.05, 0.1) is 18.2 Å². The minimum absolute atomic E-state index is 0.0765. The van der Waals surface area contributed by atoms with E-state index in [2.05, 4.69) is 30.6 Å². The number of aromatic nitrogens is 2. The molecule has 220 valence electrons. The first-order valence-electron chi connectivity index (χ1n) is 12.7. The predicted octanol–water partition coefficient (Wildman–Crippen LogP) is 5.66. The minimum atomic E-state index is -4.80. The van der Waals surface area contributed by atoms with E-state index in [4.69, 9.17) is 0 Å². The lowest BCUT2D eigenvalue weighted by molar-refractivity contribution is -0.137. The molecule has 9 nitrogen and oxygen atoms in total. The standard InChI is InChI=1S/C29H27F4N5O4/c1-28(2,3)19-10-8-17(9-11-19)24(37-26(40)35-22-13-20(29(31,32)33)12-21(30)14-22)16-4-6-18(7-5-16)25(39)34-15-23-36-27(41)42-38-23/h4-14,24H,15H2,1-3H3,(H,34,39)(H2,35,37,40)(H,36,38,41). The molecule has 0 aliphatic rings. The van der Waals surface area contributed by atoms with E-state index < -0.39 is 41.3 Å². The molecular formula is C29H27F4N5O4. The number of carbonyl (C=O) groups excluding carboxylic acids is 2. The molecule has 0 aliphatic carbocycles. The number of nitrogens with one attached hydrogen (secondary N) is 4. The first kappa shape index (κ1) is 30.0. The predicted molar refractivity (Wildman–Crippen MR) is 145 cm³/mol. The van der Waals surface area contributed by atoms with Crippen molar-refractivity contribution in [3.05, 3.63) is 117 Å². The van der Waals surface area contributed by atoms with Crippen molar-refractivity contribution < 1.29 is 31.7 Å². The molecule has 4 N–H and O–H groups in total. The summed E-state index contributed by atoms with van der Waals surface area (Å²) >= 11 is 0. The van der Waals surface area contributed by atoms with Crippen LogP contribution in [0.3, 0.4) is 0 Å². The van der Waals surface area contributed by atoms with Crippen LogP contribution in [0.5, 0.6) is 0 Å². The zero-order chi connectivity index (χ0) is 30.7. The van der Waals surface area contributed by atoms with Gasteiger partial charge in [-0.2, -0.15) is 13.2 Å². The van der Waals surface area contributed by atoms with Gasteiger partial charge in [0.2, 0.25) is 0 Å². The lowest BCUT2D eigenvalue weighted by Crippen LogP contribution is -2.33. The average molecular weight is 586 g/mol. The smallest absolute Gasteiger partial charge is 0.345 e. The van der Waals surface area contributed by atoms with E-state index in [0.717, 1.165) is 11.6 Å². The summed E-state index contributed by atoms with van der Waals surface area (Å²) in [5.41, 5.74) is 0.768. The van der Waals surface area contributed by atoms with Crippen LogP contribution in [0.15, 0.2) is 76.0 Å². The van der Waals surface area contributed by atoms with Gasteiger partial charge in [-0.25, -0.2) is 14.0 Å². The van der Waals surface area contributed by atoms with E-state index in [1.807, 2.05) is 45.0 Å². The summed E-state index contributed by atoms with van der Waals surface area (Å²) in [6, 6.07) is 13.8. The molecule has 1 atom stereocenters. The molecule has 0 radical (unpaired) electrons. The normalized spacial score (nSPS) is 12.5. The maximum atomic E-state index is 13.9. The summed E-state index contributed by atoms with van der Waals surface area (Å²) in [6.07, 6.45) is -4.80. The summed E-state index contributed by atoms with van der Waals surface area (Å²) in [5.74, 6) is -2.23. The average Bonchev–Trinajstić information content (AvgIpc) is 3.34. The summed E-state index contributed by atoms with van der Waals surface area (Å²) in [4.78, 5) is 38.9. The van der Waals surface area contributed by atoms with Crippen LogP contribution in [0.4, 0.5) is 28.0 Å². The number of nitrogens with zero attached hydrogens (tertiary/aromatic N) is 1. The number of aromatic amines is 1. The molecule has 0 spiro atoms. The second kappa shape index (κ2) is 11.9. The number of halogens is 4. The Kier molecular flexibility index (Phi) is 8.50. The van der Waals surface area contributed by atoms with Crippen LogP contribution >= 0.6 is 0 Å². The molecule has 0 saturated carbocycles. The summed E-state index contributed by atoms with van der Waals surface area (Å²) in [7, 11) is 0. The van der Waals surface area contributed by atoms with Crippen molar-refractivity contribution in [2.45, 2.75) is 44.9 Å². The van der Waals surface area contributed by atoms with E-state index in [9.17, 15) is 31.9 Å². The Morgan fingerprint density at radius 2 is 1.55 bits per heavy atom. The highest BCUT2D eigenvalue weighted by Gasteiger charge is 2.31. The van der Waals surface area contributed by atoms with Crippen molar-refractivity contribution in [2.24, 2.45) is 0 Å². The highest BCUT2D eigenvalue weighted by molar-refractivity contribution is 5.94. The van der Waals surface area contributed by atoms with Gasteiger partial charge in [0.1, 0.15) is 5.82 Å². The number of benzene rings is 3. The zero-order valence-corrected chi connectivity index (χ0v) is 22.7. The molecule has 13 heteroatoms. The summed E-state index contributed by atoms with van der Waals surface area (Å²) in [5, 5.41) is 11.1. The number of urea groups is 1. The third kappa shape index (κ3) is 7.62. The molecule has 4 aromatic rings. The van der Waals surface area contributed by atoms with Gasteiger partial charge in [0, 0.05) is 11.3 Å². The van der Waals surface area contributed by atoms with Crippen molar-refractivity contribution in [1.29, 1.82) is 0 Å². The summed E-state index contributed by atoms with van der Waals surface area (Å²) in [6.45, 7) is 6.06. The Hall–Kier alpha value is -4.94. The van der Waals surface area contributed by atoms with Crippen LogP contribution < -0.4 is 21.7 Å². The monoisotopic (exact) mass is 585 g/mol. The van der Waals surface area contributed by atoms with Crippen LogP contribution in [0, 0.1) is 5.82 Å². The number of hydrogen-bond acceptors (Lipinski definition) is 5. The molecular weight excluding hydrogens is 558 g/mol. The Balaban J connectivity index is 1.57. The van der Waals surface area contributed by atoms with Crippen LogP contribution in [0.2, 0.25) is 0 Å². The number of anilines is 1. The molecule has 1 unspecified atom stereocenters. The van der Waals surface area contributed by atoms with Gasteiger partial charge >= 0.3 is 18.0 Å². The van der Waals surface area contributed by atoms with E-state index in [1.165, 1.54) is 12.1 Å². The Labute approximate surface area is 237 Å². The fraction of sp³-hybridized carbons (Fsp3) is 0.241. The quantitative estimate of drug-likeness (QED) is 0.208. The van der Waals surface area contributed by atoms with Gasteiger partial charge in [-0.05, 0) is 52.4 Å². The van der Waals surface area contributed by atoms with E-state index in [1.54, 1.807) is 12.1 Å². The third-order valence-corrected chi connectivity index (χ3v) is 6.28. The zero-order valence-electron chi connectivity index (χ0n) is 22.7. The lowest BCUT2D eigenvalue weighted by Gasteiger charge is -2.23. The van der Waals surface area contributed by atoms with Gasteiger partial charge in [-0.3, -0.25) is 14.3 Å². The molecule has 1 heterocycles. The second-order valence-corrected chi connectivity index (χ2v) is 10.5. The molecule has 3 amide bonds. The van der Waals surface area contributed by atoms with Gasteiger partial charge < -0.3 is 16.0 Å². The van der Waals surface area contributed by atoms with E-state index in [0.29, 0.717) is 23.3 Å². The number of alkyl halides is 3. The number of carbonyl (C=O) groups is 2. The fourth-order valence-corrected chi connectivity index (χ4v) is 4.09. The van der Waals surface area contributed by atoms with Crippen LogP contribution in [-0.4, -0.2) is 22.1 Å². The maximum absolute atomic E-state index is 13.9. The molecule has 0 saturated heterocycles. The number of H-pyrrole nitrogens is 1. The molecule has 4 rings (SSSR count). The van der Waals surface area contributed by atoms with E-state index in [-0.39, 0.29) is 29.0 Å². The Bertz CT molecular complexity index is 1620. The van der Waals surface area contributed by atoms with Gasteiger partial charge in [-0.1, -0.05) is 62.3 Å². The van der Waals surface area contributed by atoms with Gasteiger partial charge in [-0.15, -0.1) is 0 Å². The molecule has 1 aromatic heterocycles. The number of hydrogen-bond donors (Lipinski definition) is 4. The van der Waals surface area contributed by atoms with Crippen molar-refractivity contribution in [3.8, 4) is 0 Å². The number of rotatable bonds is 7. The third-order valence-electron chi connectivity index (χ3n) is 6.28. The first-order chi connectivity index (χ1) is 19.7. The fourth-order valence-electron chi connectivity index (χ4n) is 4.09. The Morgan fingerprint density at radius 3 is 2.10 bits per heavy atom. The van der Waals surface area contributed by atoms with Gasteiger partial charge in [0.15, 0.2) is 5.82 Å². The Morgan fingerprint density at radius 1 is 0.929 bits per heavy atom. The van der Waals surface area contributed by atoms with Crippen LogP contribution in [-0.2, 0) is 18.1 Å². The van der Waals surface area contributed by atoms with E-state index >= 15 is 0 Å². The first-order valence-corrected chi connectivity index (χ1v) is 12.7. The largest absolute Gasteiger partial charge is 0.438 e.